The van der Waals surface area contributed by atoms with Gasteiger partial charge in [0.15, 0.2) is 0 Å². The number of benzene rings is 1. The molecular formula is C8H9BFNO3. The van der Waals surface area contributed by atoms with Crippen LogP contribution >= 0.6 is 0 Å². The van der Waals surface area contributed by atoms with E-state index in [0.717, 1.165) is 6.07 Å². The van der Waals surface area contributed by atoms with E-state index in [9.17, 15) is 9.18 Å². The molecule has 1 rings (SSSR count). The number of carbonyl (C=O) groups excluding carboxylic acids is 1. The molecule has 0 aliphatic rings. The molecule has 0 saturated heterocycles. The predicted molar refractivity (Wildman–Crippen MR) is 49.1 cm³/mol. The van der Waals surface area contributed by atoms with Gasteiger partial charge >= 0.3 is 7.12 Å². The monoisotopic (exact) mass is 197 g/mol. The summed E-state index contributed by atoms with van der Waals surface area (Å²) in [4.78, 5) is 9.98. The number of hydrogen-bond donors (Lipinski definition) is 3. The maximum Gasteiger partial charge on any atom is 0.491 e. The molecule has 0 spiro atoms. The van der Waals surface area contributed by atoms with E-state index < -0.39 is 12.9 Å². The molecule has 3 N–H and O–H groups in total. The summed E-state index contributed by atoms with van der Waals surface area (Å²) >= 11 is 0. The fraction of sp³-hybridized carbons (Fsp3) is 0.125. The molecule has 1 aromatic rings. The van der Waals surface area contributed by atoms with Gasteiger partial charge in [-0.3, -0.25) is 4.79 Å². The third-order valence-electron chi connectivity index (χ3n) is 1.73. The number of rotatable bonds is 4. The normalized spacial score (nSPS) is 9.64. The molecule has 1 amide bonds. The molecule has 0 heterocycles. The van der Waals surface area contributed by atoms with Gasteiger partial charge in [-0.15, -0.1) is 0 Å². The average molecular weight is 197 g/mol. The van der Waals surface area contributed by atoms with Crippen LogP contribution < -0.4 is 10.8 Å². The number of halogens is 1. The second-order valence-electron chi connectivity index (χ2n) is 2.73. The first kappa shape index (κ1) is 10.7. The highest BCUT2D eigenvalue weighted by Gasteiger charge is 2.16. The summed E-state index contributed by atoms with van der Waals surface area (Å²) in [6.45, 7) is 0.226. The van der Waals surface area contributed by atoms with Crippen LogP contribution in [0.5, 0.6) is 0 Å². The van der Waals surface area contributed by atoms with Gasteiger partial charge < -0.3 is 15.4 Å². The molecule has 6 heteroatoms. The Kier molecular flexibility index (Phi) is 3.61. The Morgan fingerprint density at radius 2 is 2.21 bits per heavy atom. The Morgan fingerprint density at radius 3 is 2.79 bits per heavy atom. The first-order valence-corrected chi connectivity index (χ1v) is 3.96. The molecule has 74 valence electrons. The van der Waals surface area contributed by atoms with E-state index in [-0.39, 0.29) is 12.0 Å². The van der Waals surface area contributed by atoms with Crippen molar-refractivity contribution in [3.05, 3.63) is 29.6 Å². The van der Waals surface area contributed by atoms with Gasteiger partial charge in [0.2, 0.25) is 6.41 Å². The van der Waals surface area contributed by atoms with Crippen molar-refractivity contribution < 1.29 is 19.2 Å². The Balaban J connectivity index is 2.88. The summed E-state index contributed by atoms with van der Waals surface area (Å²) in [5.74, 6) is -0.685. The lowest BCUT2D eigenvalue weighted by Gasteiger charge is -2.05. The van der Waals surface area contributed by atoms with Crippen LogP contribution in [0.25, 0.3) is 0 Å². The van der Waals surface area contributed by atoms with Crippen molar-refractivity contribution >= 4 is 19.0 Å². The number of amides is 1. The van der Waals surface area contributed by atoms with Crippen LogP contribution in [0, 0.1) is 5.82 Å². The molecule has 0 bridgehead atoms. The lowest BCUT2D eigenvalue weighted by Crippen LogP contribution is -2.33. The van der Waals surface area contributed by atoms with Gasteiger partial charge in [0.25, 0.3) is 0 Å². The highest BCUT2D eigenvalue weighted by atomic mass is 19.1. The molecule has 0 aliphatic carbocycles. The van der Waals surface area contributed by atoms with Crippen molar-refractivity contribution in [2.24, 2.45) is 0 Å². The first-order valence-electron chi connectivity index (χ1n) is 3.96. The lowest BCUT2D eigenvalue weighted by atomic mass is 9.79. The number of hydrogen-bond acceptors (Lipinski definition) is 3. The van der Waals surface area contributed by atoms with Crippen LogP contribution in [0.2, 0.25) is 0 Å². The molecule has 0 atom stereocenters. The van der Waals surface area contributed by atoms with Gasteiger partial charge in [-0.1, -0.05) is 12.1 Å². The molecule has 0 fully saturated rings. The van der Waals surface area contributed by atoms with Crippen LogP contribution in [0.3, 0.4) is 0 Å². The van der Waals surface area contributed by atoms with Crippen LogP contribution in [0.1, 0.15) is 5.56 Å². The Hall–Kier alpha value is -1.40. The van der Waals surface area contributed by atoms with Crippen molar-refractivity contribution in [1.82, 2.24) is 5.32 Å². The molecular weight excluding hydrogens is 188 g/mol. The molecule has 4 nitrogen and oxygen atoms in total. The quantitative estimate of drug-likeness (QED) is 0.417. The molecule has 0 aromatic heterocycles. The van der Waals surface area contributed by atoms with Crippen LogP contribution in [0.15, 0.2) is 18.2 Å². The maximum absolute atomic E-state index is 12.9. The summed E-state index contributed by atoms with van der Waals surface area (Å²) < 4.78 is 12.9. The molecule has 0 radical (unpaired) electrons. The molecule has 1 aromatic carbocycles. The van der Waals surface area contributed by atoms with Gasteiger partial charge in [-0.25, -0.2) is 4.39 Å². The Morgan fingerprint density at radius 1 is 1.50 bits per heavy atom. The Labute approximate surface area is 80.5 Å². The van der Waals surface area contributed by atoms with Crippen LogP contribution in [-0.4, -0.2) is 23.6 Å². The third-order valence-corrected chi connectivity index (χ3v) is 1.73. The van der Waals surface area contributed by atoms with Gasteiger partial charge in [-0.05, 0) is 11.6 Å². The Bertz CT molecular complexity index is 332. The van der Waals surface area contributed by atoms with E-state index >= 15 is 0 Å². The van der Waals surface area contributed by atoms with Gasteiger partial charge in [-0.2, -0.15) is 0 Å². The second-order valence-corrected chi connectivity index (χ2v) is 2.73. The SMILES string of the molecule is O=CNCc1ccc(F)c(B(O)O)c1. The van der Waals surface area contributed by atoms with E-state index in [4.69, 9.17) is 10.0 Å². The van der Waals surface area contributed by atoms with Crippen LogP contribution in [0.4, 0.5) is 4.39 Å². The van der Waals surface area contributed by atoms with Gasteiger partial charge in [0, 0.05) is 12.0 Å². The maximum atomic E-state index is 12.9. The molecule has 14 heavy (non-hydrogen) atoms. The van der Waals surface area contributed by atoms with E-state index in [1.165, 1.54) is 12.1 Å². The van der Waals surface area contributed by atoms with E-state index in [0.29, 0.717) is 12.0 Å². The highest BCUT2D eigenvalue weighted by molar-refractivity contribution is 6.58. The largest absolute Gasteiger partial charge is 0.491 e. The fourth-order valence-corrected chi connectivity index (χ4v) is 1.06. The van der Waals surface area contributed by atoms with Crippen molar-refractivity contribution in [3.63, 3.8) is 0 Å². The standard InChI is InChI=1S/C8H9BFNO3/c10-8-2-1-6(4-11-5-12)3-7(8)9(13)14/h1-3,5,13-14H,4H2,(H,11,12). The van der Waals surface area contributed by atoms with Crippen molar-refractivity contribution in [1.29, 1.82) is 0 Å². The minimum Gasteiger partial charge on any atom is -0.423 e. The van der Waals surface area contributed by atoms with E-state index in [1.54, 1.807) is 0 Å². The van der Waals surface area contributed by atoms with Crippen LogP contribution in [-0.2, 0) is 11.3 Å². The molecule has 0 unspecified atom stereocenters. The molecule has 0 aliphatic heterocycles. The minimum absolute atomic E-state index is 0.199. The summed E-state index contributed by atoms with van der Waals surface area (Å²) in [5.41, 5.74) is 0.400. The summed E-state index contributed by atoms with van der Waals surface area (Å²) in [7, 11) is -1.84. The number of nitrogens with one attached hydrogen (secondary N) is 1. The molecule has 0 saturated carbocycles. The van der Waals surface area contributed by atoms with Gasteiger partial charge in [0.1, 0.15) is 5.82 Å². The van der Waals surface area contributed by atoms with E-state index in [2.05, 4.69) is 5.32 Å². The average Bonchev–Trinajstić information content (AvgIpc) is 2.16. The van der Waals surface area contributed by atoms with Crippen molar-refractivity contribution in [2.75, 3.05) is 0 Å². The second kappa shape index (κ2) is 4.73. The summed E-state index contributed by atoms with van der Waals surface area (Å²) in [6.07, 6.45) is 0.512. The highest BCUT2D eigenvalue weighted by Crippen LogP contribution is 2.00. The zero-order chi connectivity index (χ0) is 10.6. The lowest BCUT2D eigenvalue weighted by molar-refractivity contribution is -0.109. The smallest absolute Gasteiger partial charge is 0.423 e. The fourth-order valence-electron chi connectivity index (χ4n) is 1.06. The third kappa shape index (κ3) is 2.55. The summed E-state index contributed by atoms with van der Waals surface area (Å²) in [6, 6.07) is 3.87. The first-order chi connectivity index (χ1) is 6.65. The van der Waals surface area contributed by atoms with E-state index in [1.807, 2.05) is 0 Å². The summed E-state index contributed by atoms with van der Waals surface area (Å²) in [5, 5.41) is 19.9. The predicted octanol–water partition coefficient (Wildman–Crippen LogP) is -1.25. The van der Waals surface area contributed by atoms with Gasteiger partial charge in [0.05, 0.1) is 0 Å². The minimum atomic E-state index is -1.84. The van der Waals surface area contributed by atoms with Crippen molar-refractivity contribution in [3.8, 4) is 0 Å². The van der Waals surface area contributed by atoms with Crippen molar-refractivity contribution in [2.45, 2.75) is 6.54 Å². The zero-order valence-corrected chi connectivity index (χ0v) is 7.27. The zero-order valence-electron chi connectivity index (χ0n) is 7.27. The number of carbonyl (C=O) groups is 1. The topological polar surface area (TPSA) is 69.6 Å².